The van der Waals surface area contributed by atoms with Crippen LogP contribution in [0.1, 0.15) is 26.7 Å². The smallest absolute Gasteiger partial charge is 0.0556 e. The molecule has 2 saturated heterocycles. The second-order valence-corrected chi connectivity index (χ2v) is 6.22. The van der Waals surface area contributed by atoms with Gasteiger partial charge in [0.1, 0.15) is 0 Å². The van der Waals surface area contributed by atoms with Gasteiger partial charge in [-0.25, -0.2) is 0 Å². The van der Waals surface area contributed by atoms with E-state index < -0.39 is 0 Å². The molecule has 2 heterocycles. The van der Waals surface area contributed by atoms with E-state index in [2.05, 4.69) is 23.6 Å². The lowest BCUT2D eigenvalue weighted by Crippen LogP contribution is -2.53. The predicted molar refractivity (Wildman–Crippen MR) is 72.7 cm³/mol. The Morgan fingerprint density at radius 3 is 2.44 bits per heavy atom. The van der Waals surface area contributed by atoms with Crippen molar-refractivity contribution in [2.75, 3.05) is 52.5 Å². The minimum atomic E-state index is -0.00174. The van der Waals surface area contributed by atoms with Gasteiger partial charge in [0, 0.05) is 50.8 Å². The summed E-state index contributed by atoms with van der Waals surface area (Å²) in [6.07, 6.45) is 2.19. The average molecular weight is 256 g/mol. The summed E-state index contributed by atoms with van der Waals surface area (Å²) < 4.78 is 5.58. The zero-order chi connectivity index (χ0) is 13.0. The molecular formula is C14H28N2O2. The summed E-state index contributed by atoms with van der Waals surface area (Å²) in [5.74, 6) is 0. The highest BCUT2D eigenvalue weighted by Gasteiger charge is 2.35. The molecule has 1 atom stereocenters. The van der Waals surface area contributed by atoms with Crippen LogP contribution in [0.15, 0.2) is 0 Å². The van der Waals surface area contributed by atoms with E-state index in [1.807, 2.05) is 0 Å². The fourth-order valence-corrected chi connectivity index (χ4v) is 3.12. The van der Waals surface area contributed by atoms with Crippen LogP contribution in [0.5, 0.6) is 0 Å². The lowest BCUT2D eigenvalue weighted by atomic mass is 9.82. The Bertz CT molecular complexity index is 244. The molecule has 2 aliphatic rings. The average Bonchev–Trinajstić information content (AvgIpc) is 2.40. The van der Waals surface area contributed by atoms with Crippen LogP contribution in [0.25, 0.3) is 0 Å². The first-order valence-corrected chi connectivity index (χ1v) is 7.30. The van der Waals surface area contributed by atoms with Crippen molar-refractivity contribution >= 4 is 0 Å². The molecule has 2 fully saturated rings. The number of aliphatic hydroxyl groups is 1. The molecule has 0 aliphatic carbocycles. The molecule has 0 aromatic carbocycles. The van der Waals surface area contributed by atoms with Gasteiger partial charge in [0.2, 0.25) is 0 Å². The highest BCUT2D eigenvalue weighted by atomic mass is 16.5. The van der Waals surface area contributed by atoms with Crippen LogP contribution in [0.4, 0.5) is 0 Å². The van der Waals surface area contributed by atoms with Crippen LogP contribution in [0.3, 0.4) is 0 Å². The summed E-state index contributed by atoms with van der Waals surface area (Å²) in [7, 11) is 0. The van der Waals surface area contributed by atoms with Crippen molar-refractivity contribution in [1.82, 2.24) is 9.80 Å². The number of hydrogen-bond acceptors (Lipinski definition) is 4. The van der Waals surface area contributed by atoms with Crippen LogP contribution < -0.4 is 0 Å². The van der Waals surface area contributed by atoms with Gasteiger partial charge >= 0.3 is 0 Å². The molecule has 1 unspecified atom stereocenters. The van der Waals surface area contributed by atoms with Crippen molar-refractivity contribution in [2.45, 2.75) is 32.7 Å². The van der Waals surface area contributed by atoms with Crippen LogP contribution in [0.2, 0.25) is 0 Å². The topological polar surface area (TPSA) is 35.9 Å². The summed E-state index contributed by atoms with van der Waals surface area (Å²) in [5, 5.41) is 9.70. The third-order valence-corrected chi connectivity index (χ3v) is 4.44. The van der Waals surface area contributed by atoms with Gasteiger partial charge in [-0.05, 0) is 26.7 Å². The lowest BCUT2D eigenvalue weighted by molar-refractivity contribution is -0.0612. The van der Waals surface area contributed by atoms with E-state index in [1.54, 1.807) is 0 Å². The molecule has 0 aromatic rings. The van der Waals surface area contributed by atoms with Gasteiger partial charge in [-0.2, -0.15) is 0 Å². The third kappa shape index (κ3) is 3.44. The standard InChI is InChI=1S/C14H28N2O2/c1-13(2)16-7-5-15(6-8-16)10-14(11-17)4-3-9-18-12-14/h13,17H,3-12H2,1-2H3. The summed E-state index contributed by atoms with van der Waals surface area (Å²) in [4.78, 5) is 5.03. The molecule has 0 bridgehead atoms. The molecular weight excluding hydrogens is 228 g/mol. The highest BCUT2D eigenvalue weighted by molar-refractivity contribution is 4.86. The van der Waals surface area contributed by atoms with Crippen molar-refractivity contribution in [3.8, 4) is 0 Å². The molecule has 18 heavy (non-hydrogen) atoms. The molecule has 2 rings (SSSR count). The Morgan fingerprint density at radius 2 is 1.94 bits per heavy atom. The Kier molecular flexibility index (Phi) is 5.01. The normalized spacial score (nSPS) is 32.0. The molecule has 4 heteroatoms. The van der Waals surface area contributed by atoms with Crippen molar-refractivity contribution in [3.05, 3.63) is 0 Å². The first-order chi connectivity index (χ1) is 8.65. The Morgan fingerprint density at radius 1 is 1.22 bits per heavy atom. The summed E-state index contributed by atoms with van der Waals surface area (Å²) >= 11 is 0. The van der Waals surface area contributed by atoms with Crippen LogP contribution in [-0.4, -0.2) is 73.5 Å². The first-order valence-electron chi connectivity index (χ1n) is 7.30. The van der Waals surface area contributed by atoms with Crippen LogP contribution in [-0.2, 0) is 4.74 Å². The number of nitrogens with zero attached hydrogens (tertiary/aromatic N) is 2. The van der Waals surface area contributed by atoms with E-state index in [0.717, 1.165) is 58.8 Å². The fourth-order valence-electron chi connectivity index (χ4n) is 3.12. The minimum absolute atomic E-state index is 0.00174. The number of ether oxygens (including phenoxy) is 1. The number of piperazine rings is 1. The van der Waals surface area contributed by atoms with Gasteiger partial charge in [-0.1, -0.05) is 0 Å². The second-order valence-electron chi connectivity index (χ2n) is 6.22. The minimum Gasteiger partial charge on any atom is -0.396 e. The summed E-state index contributed by atoms with van der Waals surface area (Å²) in [5.41, 5.74) is -0.00174. The molecule has 2 aliphatic heterocycles. The number of hydrogen-bond donors (Lipinski definition) is 1. The quantitative estimate of drug-likeness (QED) is 0.807. The van der Waals surface area contributed by atoms with E-state index in [4.69, 9.17) is 4.74 Å². The van der Waals surface area contributed by atoms with E-state index in [9.17, 15) is 5.11 Å². The largest absolute Gasteiger partial charge is 0.396 e. The maximum atomic E-state index is 9.70. The monoisotopic (exact) mass is 256 g/mol. The Labute approximate surface area is 111 Å². The van der Waals surface area contributed by atoms with Crippen molar-refractivity contribution in [1.29, 1.82) is 0 Å². The van der Waals surface area contributed by atoms with Gasteiger partial charge in [0.25, 0.3) is 0 Å². The fraction of sp³-hybridized carbons (Fsp3) is 1.00. The van der Waals surface area contributed by atoms with Crippen molar-refractivity contribution in [2.24, 2.45) is 5.41 Å². The molecule has 106 valence electrons. The SMILES string of the molecule is CC(C)N1CCN(CC2(CO)CCCOC2)CC1. The predicted octanol–water partition coefficient (Wildman–Crippen LogP) is 0.802. The van der Waals surface area contributed by atoms with Gasteiger partial charge < -0.3 is 14.7 Å². The van der Waals surface area contributed by atoms with E-state index >= 15 is 0 Å². The second kappa shape index (κ2) is 6.33. The zero-order valence-electron chi connectivity index (χ0n) is 11.9. The van der Waals surface area contributed by atoms with Crippen molar-refractivity contribution < 1.29 is 9.84 Å². The summed E-state index contributed by atoms with van der Waals surface area (Å²) in [6.45, 7) is 11.9. The highest BCUT2D eigenvalue weighted by Crippen LogP contribution is 2.29. The van der Waals surface area contributed by atoms with Gasteiger partial charge in [0.15, 0.2) is 0 Å². The molecule has 0 amide bonds. The lowest BCUT2D eigenvalue weighted by Gasteiger charge is -2.43. The molecule has 4 nitrogen and oxygen atoms in total. The van der Waals surface area contributed by atoms with E-state index in [1.165, 1.54) is 0 Å². The van der Waals surface area contributed by atoms with Gasteiger partial charge in [-0.3, -0.25) is 4.90 Å². The molecule has 1 N–H and O–H groups in total. The van der Waals surface area contributed by atoms with E-state index in [0.29, 0.717) is 6.04 Å². The summed E-state index contributed by atoms with van der Waals surface area (Å²) in [6, 6.07) is 0.650. The van der Waals surface area contributed by atoms with E-state index in [-0.39, 0.29) is 12.0 Å². The third-order valence-electron chi connectivity index (χ3n) is 4.44. The van der Waals surface area contributed by atoms with Gasteiger partial charge in [-0.15, -0.1) is 0 Å². The molecule has 0 spiro atoms. The number of rotatable bonds is 4. The van der Waals surface area contributed by atoms with Crippen LogP contribution in [0, 0.1) is 5.41 Å². The zero-order valence-corrected chi connectivity index (χ0v) is 11.9. The Hall–Kier alpha value is -0.160. The Balaban J connectivity index is 1.82. The molecule has 0 aromatic heterocycles. The van der Waals surface area contributed by atoms with Gasteiger partial charge in [0.05, 0.1) is 13.2 Å². The molecule has 0 saturated carbocycles. The van der Waals surface area contributed by atoms with Crippen molar-refractivity contribution in [3.63, 3.8) is 0 Å². The maximum Gasteiger partial charge on any atom is 0.0556 e. The number of aliphatic hydroxyl groups excluding tert-OH is 1. The van der Waals surface area contributed by atoms with Crippen LogP contribution >= 0.6 is 0 Å². The first kappa shape index (κ1) is 14.3. The molecule has 0 radical (unpaired) electrons. The maximum absolute atomic E-state index is 9.70.